The van der Waals surface area contributed by atoms with Gasteiger partial charge < -0.3 is 14.5 Å². The number of hydrogen-bond donors (Lipinski definition) is 0. The molecule has 2 aromatic rings. The molecular formula is C20H16ClN3O3S. The van der Waals surface area contributed by atoms with E-state index in [-0.39, 0.29) is 5.57 Å². The van der Waals surface area contributed by atoms with Crippen molar-refractivity contribution >= 4 is 52.1 Å². The highest BCUT2D eigenvalue weighted by molar-refractivity contribution is 7.17. The van der Waals surface area contributed by atoms with Crippen molar-refractivity contribution < 1.29 is 14.3 Å². The highest BCUT2D eigenvalue weighted by Gasteiger charge is 2.31. The summed E-state index contributed by atoms with van der Waals surface area (Å²) >= 11 is 7.14. The Morgan fingerprint density at radius 1 is 1.18 bits per heavy atom. The van der Waals surface area contributed by atoms with E-state index in [9.17, 15) is 14.9 Å². The topological polar surface area (TPSA) is 73.6 Å². The lowest BCUT2D eigenvalue weighted by atomic mass is 10.2. The summed E-state index contributed by atoms with van der Waals surface area (Å²) in [5.41, 5.74) is 1.70. The maximum absolute atomic E-state index is 12.5. The number of carbonyl (C=O) groups excluding carboxylic acids is 2. The van der Waals surface area contributed by atoms with Crippen LogP contribution in [0.15, 0.2) is 53.9 Å². The predicted octanol–water partition coefficient (Wildman–Crippen LogP) is 3.85. The number of rotatable bonds is 5. The van der Waals surface area contributed by atoms with Crippen LogP contribution in [0.4, 0.5) is 11.4 Å². The first-order chi connectivity index (χ1) is 13.4. The fourth-order valence-electron chi connectivity index (χ4n) is 2.88. The minimum atomic E-state index is -0.670. The lowest BCUT2D eigenvalue weighted by Crippen LogP contribution is -2.27. The van der Waals surface area contributed by atoms with Crippen molar-refractivity contribution in [3.63, 3.8) is 0 Å². The molecule has 142 valence electrons. The van der Waals surface area contributed by atoms with Gasteiger partial charge in [-0.2, -0.15) is 5.26 Å². The number of esters is 1. The summed E-state index contributed by atoms with van der Waals surface area (Å²) in [5, 5.41) is 9.54. The van der Waals surface area contributed by atoms with Crippen LogP contribution in [-0.2, 0) is 14.3 Å². The van der Waals surface area contributed by atoms with Gasteiger partial charge in [0.1, 0.15) is 17.5 Å². The number of benzene rings is 1. The van der Waals surface area contributed by atoms with Crippen molar-refractivity contribution in [1.82, 2.24) is 0 Å². The summed E-state index contributed by atoms with van der Waals surface area (Å²) in [6, 6.07) is 13.0. The third-order valence-corrected chi connectivity index (χ3v) is 5.37. The zero-order chi connectivity index (χ0) is 20.3. The molecule has 28 heavy (non-hydrogen) atoms. The Bertz CT molecular complexity index is 1000. The molecule has 0 saturated heterocycles. The molecule has 0 amide bonds. The van der Waals surface area contributed by atoms with E-state index in [2.05, 4.69) is 0 Å². The molecule has 1 aromatic carbocycles. The molecule has 0 aliphatic carbocycles. The van der Waals surface area contributed by atoms with Crippen molar-refractivity contribution in [2.45, 2.75) is 0 Å². The number of ketones is 1. The van der Waals surface area contributed by atoms with Gasteiger partial charge >= 0.3 is 5.97 Å². The fraction of sp³-hybridized carbons (Fsp3) is 0.150. The number of fused-ring (bicyclic) bond motifs is 1. The van der Waals surface area contributed by atoms with E-state index >= 15 is 0 Å². The Balaban J connectivity index is 1.71. The van der Waals surface area contributed by atoms with Gasteiger partial charge in [0.05, 0.1) is 15.7 Å². The van der Waals surface area contributed by atoms with Crippen LogP contribution in [0.3, 0.4) is 0 Å². The van der Waals surface area contributed by atoms with E-state index in [0.717, 1.165) is 16.3 Å². The highest BCUT2D eigenvalue weighted by Crippen LogP contribution is 2.40. The molecule has 8 heteroatoms. The summed E-state index contributed by atoms with van der Waals surface area (Å²) in [7, 11) is 3.56. The van der Waals surface area contributed by atoms with Gasteiger partial charge in [0, 0.05) is 25.0 Å². The normalized spacial score (nSPS) is 12.9. The molecule has 0 atom stereocenters. The minimum absolute atomic E-state index is 0.0666. The molecule has 0 N–H and O–H groups in total. The van der Waals surface area contributed by atoms with E-state index < -0.39 is 18.4 Å². The third-order valence-electron chi connectivity index (χ3n) is 4.18. The number of Topliss-reactive ketones (excluding diaryl/α,β-unsaturated/α-hetero) is 1. The lowest BCUT2D eigenvalue weighted by molar-refractivity contribution is -0.141. The molecule has 0 fully saturated rings. The molecular weight excluding hydrogens is 398 g/mol. The van der Waals surface area contributed by atoms with Gasteiger partial charge in [0.2, 0.25) is 5.78 Å². The zero-order valence-corrected chi connectivity index (χ0v) is 16.8. The Kier molecular flexibility index (Phi) is 5.83. The summed E-state index contributed by atoms with van der Waals surface area (Å²) < 4.78 is 5.61. The number of halogens is 1. The molecule has 0 unspecified atom stereocenters. The van der Waals surface area contributed by atoms with E-state index in [4.69, 9.17) is 16.3 Å². The van der Waals surface area contributed by atoms with Gasteiger partial charge in [-0.05, 0) is 30.3 Å². The number of carbonyl (C=O) groups is 2. The van der Waals surface area contributed by atoms with Crippen LogP contribution >= 0.6 is 22.9 Å². The highest BCUT2D eigenvalue weighted by atomic mass is 35.5. The van der Waals surface area contributed by atoms with Gasteiger partial charge in [-0.1, -0.05) is 23.7 Å². The maximum atomic E-state index is 12.5. The number of ether oxygens (including phenoxy) is 1. The first-order valence-electron chi connectivity index (χ1n) is 8.26. The van der Waals surface area contributed by atoms with Crippen LogP contribution in [0.2, 0.25) is 4.34 Å². The molecule has 1 aliphatic rings. The van der Waals surface area contributed by atoms with Crippen molar-refractivity contribution in [2.24, 2.45) is 0 Å². The van der Waals surface area contributed by atoms with Crippen LogP contribution in [-0.4, -0.2) is 32.5 Å². The van der Waals surface area contributed by atoms with E-state index in [1.807, 2.05) is 30.3 Å². The largest absolute Gasteiger partial charge is 0.454 e. The van der Waals surface area contributed by atoms with Crippen molar-refractivity contribution in [2.75, 3.05) is 30.5 Å². The third kappa shape index (κ3) is 3.93. The number of anilines is 2. The Morgan fingerprint density at radius 3 is 2.36 bits per heavy atom. The lowest BCUT2D eigenvalue weighted by Gasteiger charge is -2.19. The Labute approximate surface area is 171 Å². The SMILES string of the molecule is CN1C(=C(C#N)C(=O)COC(=O)/C=C/c2ccc(Cl)s2)N(C)c2ccccc21. The van der Waals surface area contributed by atoms with Crippen molar-refractivity contribution in [3.05, 3.63) is 63.1 Å². The van der Waals surface area contributed by atoms with Gasteiger partial charge in [-0.15, -0.1) is 11.3 Å². The van der Waals surface area contributed by atoms with E-state index in [1.54, 1.807) is 42.1 Å². The van der Waals surface area contributed by atoms with Gasteiger partial charge in [0.15, 0.2) is 6.61 Å². The van der Waals surface area contributed by atoms with Crippen LogP contribution in [0.25, 0.3) is 6.08 Å². The molecule has 0 bridgehead atoms. The van der Waals surface area contributed by atoms with Crippen LogP contribution in [0.1, 0.15) is 4.88 Å². The van der Waals surface area contributed by atoms with Crippen molar-refractivity contribution in [3.8, 4) is 6.07 Å². The maximum Gasteiger partial charge on any atom is 0.331 e. The predicted molar refractivity (Wildman–Crippen MR) is 110 cm³/mol. The number of nitrogens with zero attached hydrogens (tertiary/aromatic N) is 3. The number of hydrogen-bond acceptors (Lipinski definition) is 7. The smallest absolute Gasteiger partial charge is 0.331 e. The van der Waals surface area contributed by atoms with Crippen LogP contribution < -0.4 is 9.80 Å². The Hall–Kier alpha value is -3.08. The summed E-state index contributed by atoms with van der Waals surface area (Å²) in [4.78, 5) is 28.7. The average Bonchev–Trinajstić information content (AvgIpc) is 3.22. The monoisotopic (exact) mass is 413 g/mol. The van der Waals surface area contributed by atoms with Crippen molar-refractivity contribution in [1.29, 1.82) is 5.26 Å². The molecule has 1 aromatic heterocycles. The quantitative estimate of drug-likeness (QED) is 0.421. The standard InChI is InChI=1S/C20H16ClN3O3S/c1-23-15-5-3-4-6-16(15)24(2)20(23)14(11-22)17(25)12-27-19(26)10-8-13-7-9-18(21)28-13/h3-10H,12H2,1-2H3/b10-8+. The molecule has 1 aliphatic heterocycles. The van der Waals surface area contributed by atoms with Crippen LogP contribution in [0, 0.1) is 11.3 Å². The Morgan fingerprint density at radius 2 is 1.82 bits per heavy atom. The molecule has 0 spiro atoms. The van der Waals surface area contributed by atoms with Crippen LogP contribution in [0.5, 0.6) is 0 Å². The second-order valence-corrected chi connectivity index (χ2v) is 7.67. The molecule has 3 rings (SSSR count). The number of nitriles is 1. The summed E-state index contributed by atoms with van der Waals surface area (Å²) in [5.74, 6) is -0.782. The molecule has 0 radical (unpaired) electrons. The first kappa shape index (κ1) is 19.7. The second kappa shape index (κ2) is 8.30. The van der Waals surface area contributed by atoms with E-state index in [0.29, 0.717) is 10.2 Å². The molecule has 2 heterocycles. The molecule has 6 nitrogen and oxygen atoms in total. The number of para-hydroxylation sites is 2. The molecule has 0 saturated carbocycles. The summed E-state index contributed by atoms with van der Waals surface area (Å²) in [6.07, 6.45) is 2.78. The second-order valence-electron chi connectivity index (χ2n) is 5.92. The van der Waals surface area contributed by atoms with E-state index in [1.165, 1.54) is 17.4 Å². The first-order valence-corrected chi connectivity index (χ1v) is 9.46. The fourth-order valence-corrected chi connectivity index (χ4v) is 3.85. The van der Waals surface area contributed by atoms with Gasteiger partial charge in [-0.25, -0.2) is 4.79 Å². The zero-order valence-electron chi connectivity index (χ0n) is 15.2. The van der Waals surface area contributed by atoms with Gasteiger partial charge in [-0.3, -0.25) is 4.79 Å². The average molecular weight is 414 g/mol. The minimum Gasteiger partial charge on any atom is -0.454 e. The summed E-state index contributed by atoms with van der Waals surface area (Å²) in [6.45, 7) is -0.515. The number of thiophene rings is 1. The van der Waals surface area contributed by atoms with Gasteiger partial charge in [0.25, 0.3) is 0 Å².